The van der Waals surface area contributed by atoms with E-state index in [1.54, 1.807) is 23.9 Å². The second-order valence-electron chi connectivity index (χ2n) is 5.34. The molecule has 124 valence electrons. The Morgan fingerprint density at radius 3 is 2.65 bits per heavy atom. The first-order chi connectivity index (χ1) is 11.1. The van der Waals surface area contributed by atoms with Gasteiger partial charge in [0.15, 0.2) is 0 Å². The van der Waals surface area contributed by atoms with Gasteiger partial charge < -0.3 is 20.2 Å². The Bertz CT molecular complexity index is 599. The Kier molecular flexibility index (Phi) is 6.55. The van der Waals surface area contributed by atoms with Crippen LogP contribution < -0.4 is 10.6 Å². The van der Waals surface area contributed by atoms with E-state index >= 15 is 0 Å². The van der Waals surface area contributed by atoms with E-state index < -0.39 is 6.10 Å². The topological polar surface area (TPSA) is 74.5 Å². The van der Waals surface area contributed by atoms with Crippen LogP contribution in [0.1, 0.15) is 30.8 Å². The van der Waals surface area contributed by atoms with Crippen LogP contribution in [0.4, 0.5) is 4.79 Å². The molecule has 0 fully saturated rings. The number of urea groups is 1. The van der Waals surface area contributed by atoms with Gasteiger partial charge in [-0.05, 0) is 43.0 Å². The van der Waals surface area contributed by atoms with Gasteiger partial charge in [-0.2, -0.15) is 0 Å². The lowest BCUT2D eigenvalue weighted by atomic mass is 10.1. The van der Waals surface area contributed by atoms with Crippen LogP contribution in [-0.4, -0.2) is 23.4 Å². The molecule has 0 saturated carbocycles. The quantitative estimate of drug-likeness (QED) is 0.679. The molecule has 2 atom stereocenters. The van der Waals surface area contributed by atoms with E-state index in [9.17, 15) is 9.90 Å². The van der Waals surface area contributed by atoms with Gasteiger partial charge in [0.25, 0.3) is 0 Å². The molecule has 1 aromatic heterocycles. The van der Waals surface area contributed by atoms with Gasteiger partial charge in [0, 0.05) is 23.9 Å². The number of carbonyl (C=O) groups excluding carboxylic acids is 1. The zero-order valence-corrected chi connectivity index (χ0v) is 14.1. The van der Waals surface area contributed by atoms with Crippen molar-refractivity contribution in [2.45, 2.75) is 36.9 Å². The average Bonchev–Trinajstić information content (AvgIpc) is 3.08. The van der Waals surface area contributed by atoms with Crippen molar-refractivity contribution >= 4 is 17.8 Å². The first-order valence-corrected chi connectivity index (χ1v) is 8.69. The van der Waals surface area contributed by atoms with Gasteiger partial charge in [0.2, 0.25) is 0 Å². The van der Waals surface area contributed by atoms with Crippen molar-refractivity contribution in [2.24, 2.45) is 0 Å². The maximum atomic E-state index is 11.9. The number of aliphatic hydroxyl groups excluding tert-OH is 1. The van der Waals surface area contributed by atoms with Crippen molar-refractivity contribution in [3.63, 3.8) is 0 Å². The summed E-state index contributed by atoms with van der Waals surface area (Å²) in [5.41, 5.74) is 1.04. The van der Waals surface area contributed by atoms with Crippen LogP contribution >= 0.6 is 11.8 Å². The van der Waals surface area contributed by atoms with Gasteiger partial charge >= 0.3 is 6.03 Å². The third-order valence-corrected chi connectivity index (χ3v) is 4.18. The fraction of sp³-hybridized carbons (Fsp3) is 0.353. The lowest BCUT2D eigenvalue weighted by Gasteiger charge is -2.17. The summed E-state index contributed by atoms with van der Waals surface area (Å²) in [7, 11) is 0. The van der Waals surface area contributed by atoms with Gasteiger partial charge in [-0.1, -0.05) is 12.1 Å². The molecule has 0 aliphatic rings. The summed E-state index contributed by atoms with van der Waals surface area (Å²) in [4.78, 5) is 13.1. The molecule has 0 spiro atoms. The molecule has 0 aliphatic carbocycles. The second kappa shape index (κ2) is 8.64. The number of benzene rings is 1. The van der Waals surface area contributed by atoms with E-state index in [0.29, 0.717) is 18.7 Å². The third-order valence-electron chi connectivity index (χ3n) is 3.44. The minimum atomic E-state index is -0.723. The summed E-state index contributed by atoms with van der Waals surface area (Å²) in [6, 6.07) is 11.1. The van der Waals surface area contributed by atoms with E-state index in [1.165, 1.54) is 11.2 Å². The number of rotatable bonds is 7. The molecule has 0 radical (unpaired) electrons. The molecule has 23 heavy (non-hydrogen) atoms. The van der Waals surface area contributed by atoms with Crippen molar-refractivity contribution in [3.8, 4) is 0 Å². The smallest absolute Gasteiger partial charge is 0.315 e. The minimum absolute atomic E-state index is 0.172. The first-order valence-electron chi connectivity index (χ1n) is 7.47. The van der Waals surface area contributed by atoms with Gasteiger partial charge in [-0.15, -0.1) is 11.8 Å². The summed E-state index contributed by atoms with van der Waals surface area (Å²) in [6.45, 7) is 2.31. The van der Waals surface area contributed by atoms with Crippen LogP contribution in [0.5, 0.6) is 0 Å². The van der Waals surface area contributed by atoms with Crippen molar-refractivity contribution in [3.05, 3.63) is 54.0 Å². The molecule has 0 bridgehead atoms. The number of hydrogen-bond donors (Lipinski definition) is 3. The number of amides is 2. The fourth-order valence-corrected chi connectivity index (χ4v) is 2.60. The average molecular weight is 334 g/mol. The van der Waals surface area contributed by atoms with Crippen molar-refractivity contribution in [1.82, 2.24) is 10.6 Å². The zero-order chi connectivity index (χ0) is 16.7. The summed E-state index contributed by atoms with van der Waals surface area (Å²) in [5.74, 6) is 0.507. The lowest BCUT2D eigenvalue weighted by molar-refractivity contribution is 0.129. The summed E-state index contributed by atoms with van der Waals surface area (Å²) in [5, 5.41) is 15.6. The molecule has 3 N–H and O–H groups in total. The Morgan fingerprint density at radius 2 is 2.04 bits per heavy atom. The molecule has 1 heterocycles. The number of carbonyl (C=O) groups is 1. The van der Waals surface area contributed by atoms with Gasteiger partial charge in [0.05, 0.1) is 6.26 Å². The summed E-state index contributed by atoms with van der Waals surface area (Å²) < 4.78 is 5.15. The SMILES string of the molecule is CSc1ccc(CNC(=O)N[C@H](C)C[C@@H](O)c2ccco2)cc1. The molecule has 2 aromatic rings. The molecular formula is C17H22N2O3S. The van der Waals surface area contributed by atoms with Crippen molar-refractivity contribution < 1.29 is 14.3 Å². The van der Waals surface area contributed by atoms with Crippen LogP contribution in [0.25, 0.3) is 0 Å². The zero-order valence-electron chi connectivity index (χ0n) is 13.3. The molecular weight excluding hydrogens is 312 g/mol. The van der Waals surface area contributed by atoms with Gasteiger partial charge in [0.1, 0.15) is 11.9 Å². The third kappa shape index (κ3) is 5.65. The molecule has 0 aliphatic heterocycles. The molecule has 2 amide bonds. The second-order valence-corrected chi connectivity index (χ2v) is 6.22. The number of furan rings is 1. The highest BCUT2D eigenvalue weighted by molar-refractivity contribution is 7.98. The highest BCUT2D eigenvalue weighted by atomic mass is 32.2. The maximum Gasteiger partial charge on any atom is 0.315 e. The fourth-order valence-electron chi connectivity index (χ4n) is 2.19. The minimum Gasteiger partial charge on any atom is -0.467 e. The van der Waals surface area contributed by atoms with E-state index in [-0.39, 0.29) is 12.1 Å². The van der Waals surface area contributed by atoms with E-state index in [0.717, 1.165) is 5.56 Å². The van der Waals surface area contributed by atoms with E-state index in [4.69, 9.17) is 4.42 Å². The number of thioether (sulfide) groups is 1. The van der Waals surface area contributed by atoms with Gasteiger partial charge in [-0.25, -0.2) is 4.79 Å². The predicted octanol–water partition coefficient (Wildman–Crippen LogP) is 3.31. The van der Waals surface area contributed by atoms with Crippen LogP contribution in [0, 0.1) is 0 Å². The predicted molar refractivity (Wildman–Crippen MR) is 91.3 cm³/mol. The van der Waals surface area contributed by atoms with E-state index in [2.05, 4.69) is 10.6 Å². The van der Waals surface area contributed by atoms with Crippen molar-refractivity contribution in [1.29, 1.82) is 0 Å². The number of hydrogen-bond acceptors (Lipinski definition) is 4. The van der Waals surface area contributed by atoms with E-state index in [1.807, 2.05) is 37.4 Å². The Labute approximate surface area is 140 Å². The highest BCUT2D eigenvalue weighted by Gasteiger charge is 2.16. The Morgan fingerprint density at radius 1 is 1.30 bits per heavy atom. The summed E-state index contributed by atoms with van der Waals surface area (Å²) >= 11 is 1.68. The lowest BCUT2D eigenvalue weighted by Crippen LogP contribution is -2.41. The largest absolute Gasteiger partial charge is 0.467 e. The monoisotopic (exact) mass is 334 g/mol. The molecule has 1 aromatic carbocycles. The first kappa shape index (κ1) is 17.4. The standard InChI is InChI=1S/C17H22N2O3S/c1-12(10-15(20)16-4-3-9-22-16)19-17(21)18-11-13-5-7-14(23-2)8-6-13/h3-9,12,15,20H,10-11H2,1-2H3,(H2,18,19,21)/t12-,15-/m1/s1. The van der Waals surface area contributed by atoms with Crippen molar-refractivity contribution in [2.75, 3.05) is 6.26 Å². The molecule has 2 rings (SSSR count). The maximum absolute atomic E-state index is 11.9. The molecule has 5 nitrogen and oxygen atoms in total. The molecule has 6 heteroatoms. The van der Waals surface area contributed by atoms with Crippen LogP contribution in [0.2, 0.25) is 0 Å². The summed E-state index contributed by atoms with van der Waals surface area (Å²) in [6.07, 6.45) is 3.22. The van der Waals surface area contributed by atoms with Crippen LogP contribution in [-0.2, 0) is 6.54 Å². The van der Waals surface area contributed by atoms with Crippen LogP contribution in [0.3, 0.4) is 0 Å². The number of nitrogens with one attached hydrogen (secondary N) is 2. The molecule has 0 unspecified atom stereocenters. The number of aliphatic hydroxyl groups is 1. The molecule has 0 saturated heterocycles. The Balaban J connectivity index is 1.73. The normalized spacial score (nSPS) is 13.3. The Hall–Kier alpha value is -1.92. The highest BCUT2D eigenvalue weighted by Crippen LogP contribution is 2.18. The van der Waals surface area contributed by atoms with Gasteiger partial charge in [-0.3, -0.25) is 0 Å². The van der Waals surface area contributed by atoms with Crippen LogP contribution in [0.15, 0.2) is 52.0 Å².